The van der Waals surface area contributed by atoms with Crippen LogP contribution in [0.25, 0.3) is 11.3 Å². The van der Waals surface area contributed by atoms with Gasteiger partial charge in [0.25, 0.3) is 0 Å². The lowest BCUT2D eigenvalue weighted by Gasteiger charge is -2.11. The first-order valence-electron chi connectivity index (χ1n) is 7.65. The van der Waals surface area contributed by atoms with Crippen LogP contribution in [0, 0.1) is 34.0 Å². The number of rotatable bonds is 3. The maximum Gasteiger partial charge on any atom is 0.163 e. The molecule has 116 valence electrons. The van der Waals surface area contributed by atoms with Crippen LogP contribution in [-0.2, 0) is 12.8 Å². The van der Waals surface area contributed by atoms with E-state index < -0.39 is 0 Å². The Balaban J connectivity index is 1.86. The van der Waals surface area contributed by atoms with E-state index in [2.05, 4.69) is 15.5 Å². The van der Waals surface area contributed by atoms with Crippen LogP contribution < -0.4 is 5.32 Å². The number of aromatic amines is 1. The highest BCUT2D eigenvalue weighted by atomic mass is 15.1. The zero-order valence-electron chi connectivity index (χ0n) is 12.9. The molecule has 6 heteroatoms. The molecule has 1 heterocycles. The van der Waals surface area contributed by atoms with E-state index in [0.717, 1.165) is 24.1 Å². The Hall–Kier alpha value is -3.56. The molecule has 0 fully saturated rings. The summed E-state index contributed by atoms with van der Waals surface area (Å²) in [5, 5.41) is 37.1. The SMILES string of the molecule is N#CC(C#N)=C(C#N)Nc1ccc(-c2n[nH]c3c2CCCC3)cc1. The first kappa shape index (κ1) is 15.3. The number of H-pyrrole nitrogens is 1. The molecule has 0 aliphatic heterocycles. The molecule has 2 aromatic rings. The van der Waals surface area contributed by atoms with Crippen molar-refractivity contribution >= 4 is 5.69 Å². The van der Waals surface area contributed by atoms with E-state index >= 15 is 0 Å². The van der Waals surface area contributed by atoms with Crippen LogP contribution in [-0.4, -0.2) is 10.2 Å². The molecule has 1 aromatic heterocycles. The normalized spacial score (nSPS) is 12.2. The fourth-order valence-corrected chi connectivity index (χ4v) is 2.86. The molecule has 0 spiro atoms. The molecule has 6 nitrogen and oxygen atoms in total. The molecule has 0 amide bonds. The third-order valence-electron chi connectivity index (χ3n) is 4.07. The number of aromatic nitrogens is 2. The molecule has 0 radical (unpaired) electrons. The van der Waals surface area contributed by atoms with E-state index in [9.17, 15) is 0 Å². The molecule has 0 bridgehead atoms. The number of anilines is 1. The van der Waals surface area contributed by atoms with Gasteiger partial charge >= 0.3 is 0 Å². The number of benzene rings is 1. The summed E-state index contributed by atoms with van der Waals surface area (Å²) in [6.07, 6.45) is 4.46. The fraction of sp³-hybridized carbons (Fsp3) is 0.222. The van der Waals surface area contributed by atoms with Crippen molar-refractivity contribution in [1.29, 1.82) is 15.8 Å². The predicted octanol–water partition coefficient (Wildman–Crippen LogP) is 3.19. The zero-order valence-corrected chi connectivity index (χ0v) is 12.9. The first-order chi connectivity index (χ1) is 11.8. The van der Waals surface area contributed by atoms with E-state index in [4.69, 9.17) is 15.8 Å². The minimum absolute atomic E-state index is 0.0510. The van der Waals surface area contributed by atoms with Crippen molar-refractivity contribution in [1.82, 2.24) is 10.2 Å². The van der Waals surface area contributed by atoms with E-state index in [0.29, 0.717) is 5.69 Å². The third-order valence-corrected chi connectivity index (χ3v) is 4.07. The van der Waals surface area contributed by atoms with Gasteiger partial charge in [-0.3, -0.25) is 5.10 Å². The standard InChI is InChI=1S/C18H14N6/c19-9-13(10-20)17(11-21)22-14-7-5-12(6-8-14)18-15-3-1-2-4-16(15)23-24-18/h5-8,22H,1-4H2,(H,23,24). The Morgan fingerprint density at radius 3 is 2.38 bits per heavy atom. The molecular weight excluding hydrogens is 300 g/mol. The second kappa shape index (κ2) is 6.69. The lowest BCUT2D eigenvalue weighted by Crippen LogP contribution is -2.01. The smallest absolute Gasteiger partial charge is 0.163 e. The van der Waals surface area contributed by atoms with Gasteiger partial charge in [0.15, 0.2) is 5.57 Å². The number of aryl methyl sites for hydroxylation is 1. The lowest BCUT2D eigenvalue weighted by atomic mass is 9.94. The second-order valence-corrected chi connectivity index (χ2v) is 5.52. The number of nitrogens with one attached hydrogen (secondary N) is 2. The molecule has 1 aliphatic carbocycles. The average Bonchev–Trinajstić information content (AvgIpc) is 3.06. The minimum Gasteiger partial charge on any atom is -0.345 e. The monoisotopic (exact) mass is 314 g/mol. The molecule has 2 N–H and O–H groups in total. The van der Waals surface area contributed by atoms with Gasteiger partial charge in [0.05, 0.1) is 5.69 Å². The summed E-state index contributed by atoms with van der Waals surface area (Å²) in [5.41, 5.74) is 4.84. The van der Waals surface area contributed by atoms with E-state index in [1.807, 2.05) is 30.3 Å². The number of nitriles is 3. The Morgan fingerprint density at radius 2 is 1.71 bits per heavy atom. The van der Waals surface area contributed by atoms with Gasteiger partial charge in [-0.15, -0.1) is 0 Å². The zero-order chi connectivity index (χ0) is 16.9. The number of nitrogens with zero attached hydrogens (tertiary/aromatic N) is 4. The first-order valence-corrected chi connectivity index (χ1v) is 7.65. The quantitative estimate of drug-likeness (QED) is 0.845. The summed E-state index contributed by atoms with van der Waals surface area (Å²) in [6.45, 7) is 0. The van der Waals surface area contributed by atoms with Crippen LogP contribution in [0.3, 0.4) is 0 Å². The number of hydrogen-bond donors (Lipinski definition) is 2. The Morgan fingerprint density at radius 1 is 1.00 bits per heavy atom. The van der Waals surface area contributed by atoms with E-state index in [1.165, 1.54) is 24.1 Å². The average molecular weight is 314 g/mol. The van der Waals surface area contributed by atoms with Crippen LogP contribution in [0.5, 0.6) is 0 Å². The minimum atomic E-state index is -0.233. The van der Waals surface area contributed by atoms with Crippen LogP contribution in [0.15, 0.2) is 35.5 Å². The molecule has 0 saturated carbocycles. The van der Waals surface area contributed by atoms with Crippen LogP contribution in [0.1, 0.15) is 24.1 Å². The second-order valence-electron chi connectivity index (χ2n) is 5.52. The molecule has 0 atom stereocenters. The van der Waals surface area contributed by atoms with Gasteiger partial charge in [-0.1, -0.05) is 12.1 Å². The van der Waals surface area contributed by atoms with Crippen molar-refractivity contribution in [3.8, 4) is 29.5 Å². The maximum atomic E-state index is 9.07. The van der Waals surface area contributed by atoms with Crippen LogP contribution in [0.4, 0.5) is 5.69 Å². The van der Waals surface area contributed by atoms with Crippen LogP contribution in [0.2, 0.25) is 0 Å². The van der Waals surface area contributed by atoms with Gasteiger partial charge in [0, 0.05) is 22.5 Å². The van der Waals surface area contributed by atoms with Crippen molar-refractivity contribution in [3.63, 3.8) is 0 Å². The van der Waals surface area contributed by atoms with Gasteiger partial charge in [-0.25, -0.2) is 0 Å². The highest BCUT2D eigenvalue weighted by molar-refractivity contribution is 5.68. The topological polar surface area (TPSA) is 112 Å². The molecule has 1 aliphatic rings. The predicted molar refractivity (Wildman–Crippen MR) is 88.2 cm³/mol. The van der Waals surface area contributed by atoms with Gasteiger partial charge in [-0.05, 0) is 37.8 Å². The van der Waals surface area contributed by atoms with Crippen molar-refractivity contribution in [2.75, 3.05) is 5.32 Å². The number of hydrogen-bond acceptors (Lipinski definition) is 5. The Labute approximate surface area is 139 Å². The fourth-order valence-electron chi connectivity index (χ4n) is 2.86. The Bertz CT molecular complexity index is 896. The number of allylic oxidation sites excluding steroid dienone is 2. The highest BCUT2D eigenvalue weighted by Crippen LogP contribution is 2.30. The van der Waals surface area contributed by atoms with Crippen molar-refractivity contribution in [2.45, 2.75) is 25.7 Å². The highest BCUT2D eigenvalue weighted by Gasteiger charge is 2.17. The van der Waals surface area contributed by atoms with Gasteiger partial charge in [-0.2, -0.15) is 20.9 Å². The summed E-state index contributed by atoms with van der Waals surface area (Å²) in [5.74, 6) is 0. The van der Waals surface area contributed by atoms with Crippen molar-refractivity contribution < 1.29 is 0 Å². The third kappa shape index (κ3) is 2.84. The van der Waals surface area contributed by atoms with Gasteiger partial charge in [0.1, 0.15) is 23.9 Å². The van der Waals surface area contributed by atoms with Crippen molar-refractivity contribution in [2.24, 2.45) is 0 Å². The summed E-state index contributed by atoms with van der Waals surface area (Å²) in [4.78, 5) is 0. The lowest BCUT2D eigenvalue weighted by molar-refractivity contribution is 0.675. The molecule has 0 saturated heterocycles. The van der Waals surface area contributed by atoms with Crippen LogP contribution >= 0.6 is 0 Å². The summed E-state index contributed by atoms with van der Waals surface area (Å²) >= 11 is 0. The maximum absolute atomic E-state index is 9.07. The molecule has 24 heavy (non-hydrogen) atoms. The molecule has 3 rings (SSSR count). The molecular formula is C18H14N6. The summed E-state index contributed by atoms with van der Waals surface area (Å²) in [7, 11) is 0. The summed E-state index contributed by atoms with van der Waals surface area (Å²) < 4.78 is 0. The number of fused-ring (bicyclic) bond motifs is 1. The molecule has 1 aromatic carbocycles. The van der Waals surface area contributed by atoms with Gasteiger partial charge in [0.2, 0.25) is 0 Å². The van der Waals surface area contributed by atoms with Crippen molar-refractivity contribution in [3.05, 3.63) is 46.8 Å². The Kier molecular flexibility index (Phi) is 4.27. The van der Waals surface area contributed by atoms with E-state index in [1.54, 1.807) is 12.1 Å². The summed E-state index contributed by atoms with van der Waals surface area (Å²) in [6, 6.07) is 12.7. The largest absolute Gasteiger partial charge is 0.345 e. The molecule has 0 unspecified atom stereocenters. The van der Waals surface area contributed by atoms with E-state index in [-0.39, 0.29) is 11.3 Å². The van der Waals surface area contributed by atoms with Gasteiger partial charge < -0.3 is 5.32 Å².